The molecule has 0 aliphatic heterocycles. The van der Waals surface area contributed by atoms with Crippen LogP contribution >= 0.6 is 33.9 Å². The average molecular weight is 308 g/mol. The van der Waals surface area contributed by atoms with Gasteiger partial charge in [0.05, 0.1) is 11.8 Å². The number of ether oxygens (including phenoxy) is 1. The molecule has 0 bridgehead atoms. The molecule has 2 aromatic rings. The van der Waals surface area contributed by atoms with Crippen molar-refractivity contribution in [3.05, 3.63) is 26.9 Å². The molecular formula is C9H6FIOS. The lowest BCUT2D eigenvalue weighted by Gasteiger charge is -2.04. The summed E-state index contributed by atoms with van der Waals surface area (Å²) in [6.45, 7) is 0. The molecule has 0 unspecified atom stereocenters. The van der Waals surface area contributed by atoms with Gasteiger partial charge in [-0.05, 0) is 40.1 Å². The van der Waals surface area contributed by atoms with E-state index in [1.165, 1.54) is 24.5 Å². The minimum atomic E-state index is -0.290. The normalized spacial score (nSPS) is 10.7. The van der Waals surface area contributed by atoms with Gasteiger partial charge in [0.15, 0.2) is 11.6 Å². The summed E-state index contributed by atoms with van der Waals surface area (Å²) >= 11 is 3.62. The molecule has 1 aromatic heterocycles. The van der Waals surface area contributed by atoms with Crippen molar-refractivity contribution in [1.29, 1.82) is 0 Å². The minimum Gasteiger partial charge on any atom is -0.492 e. The Balaban J connectivity index is 2.88. The van der Waals surface area contributed by atoms with E-state index in [9.17, 15) is 4.39 Å². The van der Waals surface area contributed by atoms with Crippen LogP contribution in [0.3, 0.4) is 0 Å². The zero-order valence-corrected chi connectivity index (χ0v) is 9.78. The number of rotatable bonds is 1. The summed E-state index contributed by atoms with van der Waals surface area (Å²) in [4.78, 5) is 0. The zero-order valence-electron chi connectivity index (χ0n) is 6.80. The summed E-state index contributed by atoms with van der Waals surface area (Å²) in [5.41, 5.74) is 0. The Morgan fingerprint density at radius 3 is 3.00 bits per heavy atom. The highest BCUT2D eigenvalue weighted by Crippen LogP contribution is 2.35. The van der Waals surface area contributed by atoms with Crippen LogP contribution in [-0.4, -0.2) is 7.11 Å². The summed E-state index contributed by atoms with van der Waals surface area (Å²) in [5, 5.41) is 3.00. The Labute approximate surface area is 92.7 Å². The second kappa shape index (κ2) is 3.42. The van der Waals surface area contributed by atoms with Gasteiger partial charge in [-0.15, -0.1) is 11.3 Å². The summed E-state index contributed by atoms with van der Waals surface area (Å²) in [6, 6.07) is 3.47. The number of hydrogen-bond donors (Lipinski definition) is 0. The third-order valence-corrected chi connectivity index (χ3v) is 3.61. The fourth-order valence-corrected chi connectivity index (χ4v) is 3.07. The molecule has 0 saturated carbocycles. The predicted octanol–water partition coefficient (Wildman–Crippen LogP) is 3.65. The molecule has 0 radical (unpaired) electrons. The second-order valence-corrected chi connectivity index (χ2v) is 4.62. The minimum absolute atomic E-state index is 0.290. The fraction of sp³-hybridized carbons (Fsp3) is 0.111. The first kappa shape index (κ1) is 9.21. The van der Waals surface area contributed by atoms with E-state index in [0.717, 1.165) is 13.7 Å². The fourth-order valence-electron chi connectivity index (χ4n) is 1.23. The van der Waals surface area contributed by atoms with Gasteiger partial charge in [-0.3, -0.25) is 0 Å². The Morgan fingerprint density at radius 1 is 1.54 bits per heavy atom. The monoisotopic (exact) mass is 308 g/mol. The van der Waals surface area contributed by atoms with Crippen molar-refractivity contribution in [2.45, 2.75) is 0 Å². The van der Waals surface area contributed by atoms with Crippen LogP contribution in [0.25, 0.3) is 10.1 Å². The largest absolute Gasteiger partial charge is 0.492 e. The van der Waals surface area contributed by atoms with Crippen LogP contribution < -0.4 is 4.74 Å². The van der Waals surface area contributed by atoms with Gasteiger partial charge >= 0.3 is 0 Å². The van der Waals surface area contributed by atoms with Crippen molar-refractivity contribution < 1.29 is 9.13 Å². The molecule has 0 atom stereocenters. The van der Waals surface area contributed by atoms with Gasteiger partial charge in [0.2, 0.25) is 0 Å². The van der Waals surface area contributed by atoms with E-state index in [-0.39, 0.29) is 5.82 Å². The van der Waals surface area contributed by atoms with Gasteiger partial charge in [0.1, 0.15) is 0 Å². The molecule has 0 fully saturated rings. The van der Waals surface area contributed by atoms with E-state index in [1.54, 1.807) is 0 Å². The topological polar surface area (TPSA) is 9.23 Å². The Morgan fingerprint density at radius 2 is 2.31 bits per heavy atom. The van der Waals surface area contributed by atoms with E-state index in [4.69, 9.17) is 4.74 Å². The lowest BCUT2D eigenvalue weighted by molar-refractivity contribution is 0.392. The van der Waals surface area contributed by atoms with Gasteiger partial charge in [0, 0.05) is 8.96 Å². The molecular weight excluding hydrogens is 302 g/mol. The zero-order chi connectivity index (χ0) is 9.42. The predicted molar refractivity (Wildman–Crippen MR) is 61.1 cm³/mol. The summed E-state index contributed by atoms with van der Waals surface area (Å²) in [6.07, 6.45) is 0. The molecule has 0 aliphatic rings. The highest BCUT2D eigenvalue weighted by molar-refractivity contribution is 14.1. The lowest BCUT2D eigenvalue weighted by atomic mass is 10.2. The second-order valence-electron chi connectivity index (χ2n) is 2.54. The Bertz CT molecular complexity index is 452. The maximum Gasteiger partial charge on any atom is 0.172 e. The van der Waals surface area contributed by atoms with E-state index >= 15 is 0 Å². The maximum atomic E-state index is 13.3. The van der Waals surface area contributed by atoms with Gasteiger partial charge in [-0.2, -0.15) is 0 Å². The first-order chi connectivity index (χ1) is 6.24. The molecule has 0 spiro atoms. The average Bonchev–Trinajstić information content (AvgIpc) is 2.53. The van der Waals surface area contributed by atoms with Gasteiger partial charge in [-0.1, -0.05) is 0 Å². The van der Waals surface area contributed by atoms with E-state index in [0.29, 0.717) is 5.75 Å². The van der Waals surface area contributed by atoms with Crippen molar-refractivity contribution in [1.82, 2.24) is 0 Å². The van der Waals surface area contributed by atoms with Crippen molar-refractivity contribution in [2.75, 3.05) is 7.11 Å². The smallest absolute Gasteiger partial charge is 0.172 e. The van der Waals surface area contributed by atoms with E-state index in [2.05, 4.69) is 22.6 Å². The van der Waals surface area contributed by atoms with Crippen LogP contribution in [0.4, 0.5) is 4.39 Å². The van der Waals surface area contributed by atoms with Gasteiger partial charge in [0.25, 0.3) is 0 Å². The van der Waals surface area contributed by atoms with Crippen LogP contribution in [0.1, 0.15) is 0 Å². The molecule has 2 rings (SSSR count). The molecule has 13 heavy (non-hydrogen) atoms. The molecule has 0 saturated heterocycles. The maximum absolute atomic E-state index is 13.3. The number of benzene rings is 1. The van der Waals surface area contributed by atoms with Crippen molar-refractivity contribution in [3.8, 4) is 5.75 Å². The Kier molecular flexibility index (Phi) is 2.42. The number of hydrogen-bond acceptors (Lipinski definition) is 2. The Hall–Kier alpha value is -0.360. The third-order valence-electron chi connectivity index (χ3n) is 1.80. The first-order valence-electron chi connectivity index (χ1n) is 3.63. The number of halogens is 2. The molecule has 1 nitrogen and oxygen atoms in total. The van der Waals surface area contributed by atoms with Gasteiger partial charge in [-0.25, -0.2) is 4.39 Å². The molecule has 1 heterocycles. The first-order valence-corrected chi connectivity index (χ1v) is 5.59. The van der Waals surface area contributed by atoms with Gasteiger partial charge < -0.3 is 4.74 Å². The van der Waals surface area contributed by atoms with E-state index in [1.807, 2.05) is 11.4 Å². The molecule has 1 aromatic carbocycles. The van der Waals surface area contributed by atoms with Crippen LogP contribution in [0.15, 0.2) is 17.5 Å². The van der Waals surface area contributed by atoms with Crippen LogP contribution in [0.2, 0.25) is 0 Å². The quantitative estimate of drug-likeness (QED) is 0.731. The van der Waals surface area contributed by atoms with Crippen LogP contribution in [0.5, 0.6) is 5.75 Å². The van der Waals surface area contributed by atoms with Crippen molar-refractivity contribution in [3.63, 3.8) is 0 Å². The summed E-state index contributed by atoms with van der Waals surface area (Å²) in [5.74, 6) is 0.0623. The van der Waals surface area contributed by atoms with E-state index < -0.39 is 0 Å². The van der Waals surface area contributed by atoms with Crippen molar-refractivity contribution in [2.24, 2.45) is 0 Å². The molecule has 0 aliphatic carbocycles. The molecule has 0 amide bonds. The summed E-state index contributed by atoms with van der Waals surface area (Å²) in [7, 11) is 1.49. The van der Waals surface area contributed by atoms with Crippen molar-refractivity contribution >= 4 is 44.0 Å². The lowest BCUT2D eigenvalue weighted by Crippen LogP contribution is -1.89. The number of fused-ring (bicyclic) bond motifs is 1. The standard InChI is InChI=1S/C9H6FIOS/c1-12-8-6(10)4-7(11)5-2-3-13-9(5)8/h2-4H,1H3. The molecule has 4 heteroatoms. The SMILES string of the molecule is COc1c(F)cc(I)c2ccsc12. The number of thiophene rings is 1. The van der Waals surface area contributed by atoms with Crippen LogP contribution in [0, 0.1) is 9.39 Å². The third kappa shape index (κ3) is 1.42. The number of methoxy groups -OCH3 is 1. The summed E-state index contributed by atoms with van der Waals surface area (Å²) < 4.78 is 20.1. The highest BCUT2D eigenvalue weighted by Gasteiger charge is 2.11. The highest BCUT2D eigenvalue weighted by atomic mass is 127. The molecule has 0 N–H and O–H groups in total. The molecule has 68 valence electrons. The van der Waals surface area contributed by atoms with Crippen LogP contribution in [-0.2, 0) is 0 Å².